The maximum Gasteiger partial charge on any atom is 0.338 e. The molecule has 0 fully saturated rings. The van der Waals surface area contributed by atoms with Gasteiger partial charge in [0.25, 0.3) is 0 Å². The van der Waals surface area contributed by atoms with E-state index in [0.29, 0.717) is 11.3 Å². The van der Waals surface area contributed by atoms with Gasteiger partial charge >= 0.3 is 11.9 Å². The second-order valence-electron chi connectivity index (χ2n) is 4.94. The molecule has 1 aromatic heterocycles. The fourth-order valence-electron chi connectivity index (χ4n) is 2.22. The molecule has 3 N–H and O–H groups in total. The Morgan fingerprint density at radius 1 is 1.05 bits per heavy atom. The molecule has 2 rings (SSSR count). The lowest BCUT2D eigenvalue weighted by Gasteiger charge is -2.03. The lowest BCUT2D eigenvalue weighted by Crippen LogP contribution is -2.08. The first kappa shape index (κ1) is 14.8. The van der Waals surface area contributed by atoms with E-state index in [1.807, 2.05) is 0 Å². The zero-order chi connectivity index (χ0) is 15.7. The van der Waals surface area contributed by atoms with E-state index in [1.54, 1.807) is 13.8 Å². The van der Waals surface area contributed by atoms with Gasteiger partial charge < -0.3 is 15.2 Å². The number of carbonyl (C=O) groups is 2. The second-order valence-corrected chi connectivity index (χ2v) is 4.94. The number of nitrogens with one attached hydrogen (secondary N) is 1. The van der Waals surface area contributed by atoms with Crippen LogP contribution in [0.15, 0.2) is 24.3 Å². The summed E-state index contributed by atoms with van der Waals surface area (Å²) in [4.78, 5) is 25.7. The molecule has 110 valence electrons. The summed E-state index contributed by atoms with van der Waals surface area (Å²) in [7, 11) is 0. The van der Waals surface area contributed by atoms with E-state index in [-0.39, 0.29) is 22.7 Å². The molecule has 0 radical (unpaired) electrons. The Kier molecular flexibility index (Phi) is 3.80. The summed E-state index contributed by atoms with van der Waals surface area (Å²) in [6.45, 7) is 3.52. The van der Waals surface area contributed by atoms with Gasteiger partial charge in [-0.1, -0.05) is 13.8 Å². The molecular weight excluding hydrogens is 277 g/mol. The lowest BCUT2D eigenvalue weighted by molar-refractivity contribution is 0.0652. The Hall–Kier alpha value is -2.63. The highest BCUT2D eigenvalue weighted by Gasteiger charge is 2.29. The summed E-state index contributed by atoms with van der Waals surface area (Å²) in [6.07, 6.45) is 0. The molecular formula is C15H14FNO4. The van der Waals surface area contributed by atoms with E-state index in [1.165, 1.54) is 24.3 Å². The first-order chi connectivity index (χ1) is 9.82. The van der Waals surface area contributed by atoms with Crippen molar-refractivity contribution in [2.75, 3.05) is 0 Å². The minimum Gasteiger partial charge on any atom is -0.478 e. The molecule has 2 aromatic rings. The van der Waals surface area contributed by atoms with Gasteiger partial charge in [0.05, 0.1) is 16.8 Å². The maximum absolute atomic E-state index is 13.0. The number of carboxylic acids is 2. The lowest BCUT2D eigenvalue weighted by atomic mass is 10.0. The standard InChI is InChI=1S/C15H14FNO4/c1-7(2)12-10(14(18)19)11(15(20)21)13(17-12)8-3-5-9(16)6-4-8/h3-7,17H,1-2H3,(H,18,19)(H,20,21). The van der Waals surface area contributed by atoms with Crippen LogP contribution in [-0.2, 0) is 0 Å². The third-order valence-corrected chi connectivity index (χ3v) is 3.17. The molecule has 0 aliphatic carbocycles. The van der Waals surface area contributed by atoms with E-state index >= 15 is 0 Å². The number of aromatic carboxylic acids is 2. The molecule has 0 saturated carbocycles. The van der Waals surface area contributed by atoms with Crippen LogP contribution in [0.1, 0.15) is 46.2 Å². The van der Waals surface area contributed by atoms with Crippen LogP contribution >= 0.6 is 0 Å². The van der Waals surface area contributed by atoms with Crippen molar-refractivity contribution in [1.82, 2.24) is 4.98 Å². The van der Waals surface area contributed by atoms with Gasteiger partial charge in [0.1, 0.15) is 5.82 Å². The minimum absolute atomic E-state index is 0.170. The van der Waals surface area contributed by atoms with Crippen LogP contribution in [0.2, 0.25) is 0 Å². The molecule has 0 bridgehead atoms. The minimum atomic E-state index is -1.34. The van der Waals surface area contributed by atoms with Crippen molar-refractivity contribution in [2.24, 2.45) is 0 Å². The Morgan fingerprint density at radius 3 is 2.00 bits per heavy atom. The van der Waals surface area contributed by atoms with Gasteiger partial charge in [0, 0.05) is 5.69 Å². The van der Waals surface area contributed by atoms with Crippen LogP contribution in [0.4, 0.5) is 4.39 Å². The van der Waals surface area contributed by atoms with Gasteiger partial charge in [0.15, 0.2) is 0 Å². The molecule has 6 heteroatoms. The molecule has 0 amide bonds. The first-order valence-electron chi connectivity index (χ1n) is 6.31. The van der Waals surface area contributed by atoms with Crippen molar-refractivity contribution in [3.8, 4) is 11.3 Å². The number of H-pyrrole nitrogens is 1. The summed E-state index contributed by atoms with van der Waals surface area (Å²) in [6, 6.07) is 5.20. The number of aromatic amines is 1. The first-order valence-corrected chi connectivity index (χ1v) is 6.31. The van der Waals surface area contributed by atoms with Crippen LogP contribution in [-0.4, -0.2) is 27.1 Å². The Labute approximate surface area is 120 Å². The zero-order valence-electron chi connectivity index (χ0n) is 11.5. The summed E-state index contributed by atoms with van der Waals surface area (Å²) >= 11 is 0. The highest BCUT2D eigenvalue weighted by Crippen LogP contribution is 2.32. The van der Waals surface area contributed by atoms with Crippen LogP contribution in [0.5, 0.6) is 0 Å². The second kappa shape index (κ2) is 5.40. The summed E-state index contributed by atoms with van der Waals surface area (Å²) in [5, 5.41) is 18.7. The third-order valence-electron chi connectivity index (χ3n) is 3.17. The highest BCUT2D eigenvalue weighted by molar-refractivity contribution is 6.07. The summed E-state index contributed by atoms with van der Waals surface area (Å²) < 4.78 is 13.0. The Morgan fingerprint density at radius 2 is 1.57 bits per heavy atom. The number of hydrogen-bond acceptors (Lipinski definition) is 2. The van der Waals surface area contributed by atoms with Crippen LogP contribution in [0, 0.1) is 5.82 Å². The van der Waals surface area contributed by atoms with Crippen molar-refractivity contribution in [3.05, 3.63) is 46.9 Å². The zero-order valence-corrected chi connectivity index (χ0v) is 11.5. The van der Waals surface area contributed by atoms with Gasteiger partial charge in [-0.15, -0.1) is 0 Å². The molecule has 1 aromatic carbocycles. The number of rotatable bonds is 4. The monoisotopic (exact) mass is 291 g/mol. The van der Waals surface area contributed by atoms with Crippen molar-refractivity contribution < 1.29 is 24.2 Å². The molecule has 0 atom stereocenters. The van der Waals surface area contributed by atoms with E-state index in [2.05, 4.69) is 4.98 Å². The summed E-state index contributed by atoms with van der Waals surface area (Å²) in [5.74, 6) is -3.29. The van der Waals surface area contributed by atoms with Gasteiger partial charge in [0.2, 0.25) is 0 Å². The predicted molar refractivity (Wildman–Crippen MR) is 74.2 cm³/mol. The van der Waals surface area contributed by atoms with E-state index < -0.39 is 17.8 Å². The van der Waals surface area contributed by atoms with Gasteiger partial charge in [-0.05, 0) is 35.7 Å². The average molecular weight is 291 g/mol. The molecule has 21 heavy (non-hydrogen) atoms. The number of aromatic nitrogens is 1. The average Bonchev–Trinajstić information content (AvgIpc) is 2.80. The molecule has 0 aliphatic heterocycles. The van der Waals surface area contributed by atoms with Crippen molar-refractivity contribution in [1.29, 1.82) is 0 Å². The van der Waals surface area contributed by atoms with Crippen molar-refractivity contribution >= 4 is 11.9 Å². The third kappa shape index (κ3) is 2.65. The summed E-state index contributed by atoms with van der Waals surface area (Å²) in [5.41, 5.74) is 0.362. The molecule has 1 heterocycles. The van der Waals surface area contributed by atoms with Crippen LogP contribution in [0.25, 0.3) is 11.3 Å². The van der Waals surface area contributed by atoms with E-state index in [9.17, 15) is 24.2 Å². The molecule has 0 saturated heterocycles. The molecule has 0 spiro atoms. The normalized spacial score (nSPS) is 10.9. The van der Waals surface area contributed by atoms with Gasteiger partial charge in [-0.3, -0.25) is 0 Å². The van der Waals surface area contributed by atoms with Crippen molar-refractivity contribution in [2.45, 2.75) is 19.8 Å². The van der Waals surface area contributed by atoms with Gasteiger partial charge in [-0.2, -0.15) is 0 Å². The fourth-order valence-corrected chi connectivity index (χ4v) is 2.22. The Bertz CT molecular complexity index is 701. The van der Waals surface area contributed by atoms with Crippen LogP contribution < -0.4 is 0 Å². The number of halogens is 1. The smallest absolute Gasteiger partial charge is 0.338 e. The Balaban J connectivity index is 2.76. The molecule has 0 unspecified atom stereocenters. The van der Waals surface area contributed by atoms with Crippen LogP contribution in [0.3, 0.4) is 0 Å². The SMILES string of the molecule is CC(C)c1[nH]c(-c2ccc(F)cc2)c(C(=O)O)c1C(=O)O. The quantitative estimate of drug-likeness (QED) is 0.805. The molecule has 5 nitrogen and oxygen atoms in total. The molecule has 0 aliphatic rings. The maximum atomic E-state index is 13.0. The largest absolute Gasteiger partial charge is 0.478 e. The topological polar surface area (TPSA) is 90.4 Å². The van der Waals surface area contributed by atoms with E-state index in [4.69, 9.17) is 0 Å². The number of benzene rings is 1. The number of carboxylic acid groups (broad SMARTS) is 2. The van der Waals surface area contributed by atoms with E-state index in [0.717, 1.165) is 0 Å². The van der Waals surface area contributed by atoms with Gasteiger partial charge in [-0.25, -0.2) is 14.0 Å². The number of hydrogen-bond donors (Lipinski definition) is 3. The fraction of sp³-hybridized carbons (Fsp3) is 0.200. The highest BCUT2D eigenvalue weighted by atomic mass is 19.1. The predicted octanol–water partition coefficient (Wildman–Crippen LogP) is 3.34. The van der Waals surface area contributed by atoms with Crippen molar-refractivity contribution in [3.63, 3.8) is 0 Å².